The van der Waals surface area contributed by atoms with E-state index in [0.29, 0.717) is 10.9 Å². The van der Waals surface area contributed by atoms with E-state index in [1.165, 1.54) is 19.1 Å². The van der Waals surface area contributed by atoms with E-state index in [1.54, 1.807) is 13.0 Å². The summed E-state index contributed by atoms with van der Waals surface area (Å²) < 4.78 is 14.3. The monoisotopic (exact) mass is 401 g/mol. The number of amides is 3. The zero-order valence-corrected chi connectivity index (χ0v) is 15.4. The highest BCUT2D eigenvalue weighted by Gasteiger charge is 2.26. The molecule has 0 saturated carbocycles. The fourth-order valence-electron chi connectivity index (χ4n) is 1.91. The Hall–Kier alpha value is -1.96. The molecule has 0 saturated heterocycles. The van der Waals surface area contributed by atoms with E-state index >= 15 is 0 Å². The van der Waals surface area contributed by atoms with E-state index in [-0.39, 0.29) is 23.9 Å². The van der Waals surface area contributed by atoms with Gasteiger partial charge in [0.25, 0.3) is 0 Å². The molecule has 0 aliphatic heterocycles. The van der Waals surface area contributed by atoms with Crippen molar-refractivity contribution in [1.82, 2.24) is 10.6 Å². The lowest BCUT2D eigenvalue weighted by atomic mass is 9.98. The Morgan fingerprint density at radius 1 is 1.29 bits per heavy atom. The van der Waals surface area contributed by atoms with Gasteiger partial charge in [0.15, 0.2) is 0 Å². The number of anilines is 1. The van der Waals surface area contributed by atoms with E-state index in [4.69, 9.17) is 0 Å². The third-order valence-corrected chi connectivity index (χ3v) is 3.97. The van der Waals surface area contributed by atoms with Crippen LogP contribution in [0.4, 0.5) is 14.9 Å². The molecular formula is C16H21BrFN3O3. The highest BCUT2D eigenvalue weighted by Crippen LogP contribution is 2.19. The maximum Gasteiger partial charge on any atom is 0.319 e. The van der Waals surface area contributed by atoms with Gasteiger partial charge in [-0.3, -0.25) is 9.59 Å². The van der Waals surface area contributed by atoms with Crippen LogP contribution >= 0.6 is 15.9 Å². The Balaban J connectivity index is 2.76. The molecule has 0 heterocycles. The number of hydrogen-bond acceptors (Lipinski definition) is 3. The van der Waals surface area contributed by atoms with Gasteiger partial charge in [0.1, 0.15) is 17.6 Å². The first kappa shape index (κ1) is 20.1. The third kappa shape index (κ3) is 6.27. The van der Waals surface area contributed by atoms with Gasteiger partial charge in [-0.1, -0.05) is 36.2 Å². The molecule has 0 unspecified atom stereocenters. The molecule has 132 valence electrons. The number of benzene rings is 1. The van der Waals surface area contributed by atoms with Crippen molar-refractivity contribution in [2.75, 3.05) is 11.9 Å². The van der Waals surface area contributed by atoms with Crippen LogP contribution in [0, 0.1) is 11.7 Å². The third-order valence-electron chi connectivity index (χ3n) is 3.47. The molecule has 2 atom stereocenters. The van der Waals surface area contributed by atoms with Crippen LogP contribution < -0.4 is 16.0 Å². The number of rotatable bonds is 7. The maximum absolute atomic E-state index is 13.8. The number of carbonyl (C=O) groups is 3. The molecule has 0 aliphatic rings. The molecule has 1 aromatic rings. The summed E-state index contributed by atoms with van der Waals surface area (Å²) in [6, 6.07) is 2.70. The number of carbonyl (C=O) groups excluding carboxylic acids is 3. The minimum atomic E-state index is -0.826. The second kappa shape index (κ2) is 9.36. The standard InChI is InChI=1S/C16H21BrFN3O3/c1-4-9(2)14(15(23)19-8-10(3)22)21-16(24)20-13-6-5-11(17)7-12(13)18/h5-7,9,14H,4,8H2,1-3H3,(H,19,23)(H2,20,21,24)/t9-,14-/m0/s1. The van der Waals surface area contributed by atoms with Crippen LogP contribution in [0.3, 0.4) is 0 Å². The molecule has 1 rings (SSSR count). The van der Waals surface area contributed by atoms with Crippen LogP contribution in [0.5, 0.6) is 0 Å². The number of Topliss-reactive ketones (excluding diaryl/α,β-unsaturated/α-hetero) is 1. The first-order valence-electron chi connectivity index (χ1n) is 7.54. The lowest BCUT2D eigenvalue weighted by Gasteiger charge is -2.23. The lowest BCUT2D eigenvalue weighted by molar-refractivity contribution is -0.126. The van der Waals surface area contributed by atoms with Crippen molar-refractivity contribution in [3.8, 4) is 0 Å². The van der Waals surface area contributed by atoms with Gasteiger partial charge in [0.05, 0.1) is 12.2 Å². The minimum Gasteiger partial charge on any atom is -0.347 e. The highest BCUT2D eigenvalue weighted by molar-refractivity contribution is 9.10. The second-order valence-corrected chi connectivity index (χ2v) is 6.42. The summed E-state index contributed by atoms with van der Waals surface area (Å²) in [6.07, 6.45) is 0.644. The van der Waals surface area contributed by atoms with Gasteiger partial charge >= 0.3 is 6.03 Å². The Labute approximate surface area is 148 Å². The molecule has 1 aromatic carbocycles. The fraction of sp³-hybridized carbons (Fsp3) is 0.438. The molecule has 3 amide bonds. The van der Waals surface area contributed by atoms with E-state index in [9.17, 15) is 18.8 Å². The fourth-order valence-corrected chi connectivity index (χ4v) is 2.25. The van der Waals surface area contributed by atoms with Crippen LogP contribution in [-0.4, -0.2) is 30.3 Å². The summed E-state index contributed by atoms with van der Waals surface area (Å²) in [6.45, 7) is 4.94. The summed E-state index contributed by atoms with van der Waals surface area (Å²) in [5.41, 5.74) is 0.00254. The SMILES string of the molecule is CC[C@H](C)[C@H](NC(=O)Nc1ccc(Br)cc1F)C(=O)NCC(C)=O. The lowest BCUT2D eigenvalue weighted by Crippen LogP contribution is -2.52. The number of urea groups is 1. The normalized spacial score (nSPS) is 12.9. The first-order chi connectivity index (χ1) is 11.2. The average molecular weight is 402 g/mol. The highest BCUT2D eigenvalue weighted by atomic mass is 79.9. The Morgan fingerprint density at radius 2 is 1.96 bits per heavy atom. The van der Waals surface area contributed by atoms with Gasteiger partial charge in [-0.15, -0.1) is 0 Å². The van der Waals surface area contributed by atoms with Crippen LogP contribution in [0.2, 0.25) is 0 Å². The van der Waals surface area contributed by atoms with Gasteiger partial charge in [0.2, 0.25) is 5.91 Å². The Morgan fingerprint density at radius 3 is 2.50 bits per heavy atom. The van der Waals surface area contributed by atoms with Crippen molar-refractivity contribution in [1.29, 1.82) is 0 Å². The molecule has 0 radical (unpaired) electrons. The van der Waals surface area contributed by atoms with E-state index in [0.717, 1.165) is 0 Å². The van der Waals surface area contributed by atoms with E-state index < -0.39 is 23.8 Å². The average Bonchev–Trinajstić information content (AvgIpc) is 2.52. The zero-order valence-electron chi connectivity index (χ0n) is 13.8. The maximum atomic E-state index is 13.8. The summed E-state index contributed by atoms with van der Waals surface area (Å²) >= 11 is 3.13. The summed E-state index contributed by atoms with van der Waals surface area (Å²) in [7, 11) is 0. The molecule has 0 bridgehead atoms. The topological polar surface area (TPSA) is 87.3 Å². The molecule has 0 spiro atoms. The molecular weight excluding hydrogens is 381 g/mol. The summed E-state index contributed by atoms with van der Waals surface area (Å²) in [5.74, 6) is -1.39. The second-order valence-electron chi connectivity index (χ2n) is 5.51. The quantitative estimate of drug-likeness (QED) is 0.656. The van der Waals surface area contributed by atoms with Gasteiger partial charge < -0.3 is 16.0 Å². The molecule has 8 heteroatoms. The van der Waals surface area contributed by atoms with Crippen LogP contribution in [0.25, 0.3) is 0 Å². The van der Waals surface area contributed by atoms with Gasteiger partial charge in [-0.25, -0.2) is 9.18 Å². The van der Waals surface area contributed by atoms with Crippen molar-refractivity contribution in [3.63, 3.8) is 0 Å². The summed E-state index contributed by atoms with van der Waals surface area (Å²) in [5, 5.41) is 7.38. The van der Waals surface area contributed by atoms with Crippen molar-refractivity contribution >= 4 is 39.3 Å². The number of nitrogens with one attached hydrogen (secondary N) is 3. The first-order valence-corrected chi connectivity index (χ1v) is 8.33. The smallest absolute Gasteiger partial charge is 0.319 e. The minimum absolute atomic E-state index is 0.00254. The van der Waals surface area contributed by atoms with E-state index in [1.807, 2.05) is 6.92 Å². The van der Waals surface area contributed by atoms with Crippen molar-refractivity contribution < 1.29 is 18.8 Å². The number of halogens is 2. The molecule has 0 aliphatic carbocycles. The number of hydrogen-bond donors (Lipinski definition) is 3. The van der Waals surface area contributed by atoms with Gasteiger partial charge in [-0.05, 0) is 31.0 Å². The Kier molecular flexibility index (Phi) is 7.84. The van der Waals surface area contributed by atoms with Crippen LogP contribution in [0.15, 0.2) is 22.7 Å². The van der Waals surface area contributed by atoms with Gasteiger partial charge in [-0.2, -0.15) is 0 Å². The predicted molar refractivity (Wildman–Crippen MR) is 93.2 cm³/mol. The van der Waals surface area contributed by atoms with Crippen LogP contribution in [-0.2, 0) is 9.59 Å². The number of ketones is 1. The predicted octanol–water partition coefficient (Wildman–Crippen LogP) is 2.83. The largest absolute Gasteiger partial charge is 0.347 e. The molecule has 0 aromatic heterocycles. The van der Waals surface area contributed by atoms with Crippen molar-refractivity contribution in [2.24, 2.45) is 5.92 Å². The summed E-state index contributed by atoms with van der Waals surface area (Å²) in [4.78, 5) is 35.2. The van der Waals surface area contributed by atoms with E-state index in [2.05, 4.69) is 31.9 Å². The molecule has 0 fully saturated rings. The zero-order chi connectivity index (χ0) is 18.3. The molecule has 3 N–H and O–H groups in total. The molecule has 6 nitrogen and oxygen atoms in total. The Bertz CT molecular complexity index is 625. The van der Waals surface area contributed by atoms with Crippen molar-refractivity contribution in [2.45, 2.75) is 33.2 Å². The van der Waals surface area contributed by atoms with Gasteiger partial charge in [0, 0.05) is 4.47 Å². The van der Waals surface area contributed by atoms with Crippen molar-refractivity contribution in [3.05, 3.63) is 28.5 Å². The molecule has 24 heavy (non-hydrogen) atoms. The van der Waals surface area contributed by atoms with Crippen LogP contribution in [0.1, 0.15) is 27.2 Å².